The monoisotopic (exact) mass is 349 g/mol. The highest BCUT2D eigenvalue weighted by molar-refractivity contribution is 6.01. The van der Waals surface area contributed by atoms with Crippen LogP contribution in [0.1, 0.15) is 21.6 Å². The minimum Gasteiger partial charge on any atom is -0.476 e. The van der Waals surface area contributed by atoms with Crippen molar-refractivity contribution in [2.75, 3.05) is 0 Å². The second-order valence-electron chi connectivity index (χ2n) is 6.18. The highest BCUT2D eigenvalue weighted by Crippen LogP contribution is 2.22. The number of hydrogen-bond donors (Lipinski definition) is 1. The zero-order chi connectivity index (χ0) is 18.3. The van der Waals surface area contributed by atoms with Gasteiger partial charge in [-0.3, -0.25) is 9.59 Å². The zero-order valence-electron chi connectivity index (χ0n) is 13.8. The first-order chi connectivity index (χ1) is 12.5. The van der Waals surface area contributed by atoms with E-state index in [1.165, 1.54) is 6.07 Å². The zero-order valence-corrected chi connectivity index (χ0v) is 13.8. The van der Waals surface area contributed by atoms with Crippen LogP contribution in [-0.2, 0) is 24.4 Å². The normalized spacial score (nSPS) is 13.0. The third-order valence-corrected chi connectivity index (χ3v) is 4.55. The van der Waals surface area contributed by atoms with Gasteiger partial charge >= 0.3 is 5.97 Å². The Morgan fingerprint density at radius 3 is 2.15 bits per heavy atom. The van der Waals surface area contributed by atoms with Crippen molar-refractivity contribution in [3.05, 3.63) is 75.7 Å². The molecule has 0 atom stereocenters. The van der Waals surface area contributed by atoms with Gasteiger partial charge in [-0.15, -0.1) is 0 Å². The number of benzene rings is 2. The van der Waals surface area contributed by atoms with Gasteiger partial charge in [0.25, 0.3) is 5.56 Å². The van der Waals surface area contributed by atoms with E-state index in [0.717, 1.165) is 15.8 Å². The highest BCUT2D eigenvalue weighted by Gasteiger charge is 2.24. The van der Waals surface area contributed by atoms with E-state index in [0.29, 0.717) is 13.1 Å². The molecule has 0 bridgehead atoms. The maximum absolute atomic E-state index is 12.6. The fraction of sp³-hybridized carbons (Fsp3) is 0.158. The van der Waals surface area contributed by atoms with Crippen molar-refractivity contribution in [3.63, 3.8) is 0 Å². The molecule has 130 valence electrons. The molecular formula is C19H15N3O4. The lowest BCUT2D eigenvalue weighted by molar-refractivity contribution is -0.132. The van der Waals surface area contributed by atoms with Gasteiger partial charge in [-0.1, -0.05) is 42.5 Å². The number of carbonyl (C=O) groups is 2. The van der Waals surface area contributed by atoms with Crippen LogP contribution in [0.4, 0.5) is 0 Å². The topological polar surface area (TPSA) is 92.5 Å². The third kappa shape index (κ3) is 2.63. The second kappa shape index (κ2) is 6.11. The number of amides is 1. The maximum Gasteiger partial charge on any atom is 0.357 e. The summed E-state index contributed by atoms with van der Waals surface area (Å²) in [6, 6.07) is 14.1. The number of carboxylic acids is 1. The van der Waals surface area contributed by atoms with E-state index >= 15 is 0 Å². The Kier molecular flexibility index (Phi) is 3.76. The number of fused-ring (bicyclic) bond motifs is 2. The molecule has 0 saturated carbocycles. The molecule has 0 spiro atoms. The molecule has 0 unspecified atom stereocenters. The Morgan fingerprint density at radius 1 is 0.962 bits per heavy atom. The summed E-state index contributed by atoms with van der Waals surface area (Å²) < 4.78 is 0.942. The Morgan fingerprint density at radius 2 is 1.54 bits per heavy atom. The minimum atomic E-state index is -1.24. The van der Waals surface area contributed by atoms with Gasteiger partial charge in [0, 0.05) is 18.5 Å². The van der Waals surface area contributed by atoms with E-state index in [-0.39, 0.29) is 28.9 Å². The Balaban J connectivity index is 1.68. The van der Waals surface area contributed by atoms with Gasteiger partial charge in [0.1, 0.15) is 6.54 Å². The van der Waals surface area contributed by atoms with Crippen molar-refractivity contribution in [2.24, 2.45) is 0 Å². The molecule has 1 aliphatic heterocycles. The van der Waals surface area contributed by atoms with E-state index in [2.05, 4.69) is 5.10 Å². The molecular weight excluding hydrogens is 334 g/mol. The second-order valence-corrected chi connectivity index (χ2v) is 6.18. The van der Waals surface area contributed by atoms with Crippen LogP contribution >= 0.6 is 0 Å². The lowest BCUT2D eigenvalue weighted by atomic mass is 10.1. The number of aromatic nitrogens is 2. The van der Waals surface area contributed by atoms with Gasteiger partial charge in [0.15, 0.2) is 5.69 Å². The fourth-order valence-electron chi connectivity index (χ4n) is 3.24. The molecule has 1 amide bonds. The maximum atomic E-state index is 12.6. The van der Waals surface area contributed by atoms with Crippen LogP contribution in [0.5, 0.6) is 0 Å². The predicted molar refractivity (Wildman–Crippen MR) is 93.7 cm³/mol. The smallest absolute Gasteiger partial charge is 0.357 e. The summed E-state index contributed by atoms with van der Waals surface area (Å²) in [6.07, 6.45) is 0. The average molecular weight is 349 g/mol. The van der Waals surface area contributed by atoms with Crippen molar-refractivity contribution < 1.29 is 14.7 Å². The summed E-state index contributed by atoms with van der Waals surface area (Å²) >= 11 is 0. The molecule has 3 aromatic rings. The molecule has 0 aliphatic carbocycles. The summed E-state index contributed by atoms with van der Waals surface area (Å²) in [5.74, 6) is -1.52. The molecule has 2 heterocycles. The van der Waals surface area contributed by atoms with E-state index < -0.39 is 11.5 Å². The van der Waals surface area contributed by atoms with Crippen molar-refractivity contribution in [1.82, 2.24) is 14.7 Å². The molecule has 7 heteroatoms. The fourth-order valence-corrected chi connectivity index (χ4v) is 3.24. The van der Waals surface area contributed by atoms with Gasteiger partial charge < -0.3 is 10.0 Å². The first-order valence-corrected chi connectivity index (χ1v) is 8.12. The van der Waals surface area contributed by atoms with Crippen molar-refractivity contribution in [1.29, 1.82) is 0 Å². The number of rotatable bonds is 3. The summed E-state index contributed by atoms with van der Waals surface area (Å²) in [6.45, 7) is 0.657. The predicted octanol–water partition coefficient (Wildman–Crippen LogP) is 1.64. The first kappa shape index (κ1) is 16.0. The standard InChI is InChI=1S/C19H15N3O4/c23-16(21-9-12-5-1-2-6-13(12)10-21)11-22-18(24)15-8-4-3-7-14(15)17(20-22)19(25)26/h1-8H,9-11H2,(H,25,26). The van der Waals surface area contributed by atoms with E-state index in [4.69, 9.17) is 0 Å². The molecule has 1 aromatic heterocycles. The van der Waals surface area contributed by atoms with Crippen LogP contribution in [0.15, 0.2) is 53.3 Å². The number of carboxylic acid groups (broad SMARTS) is 1. The molecule has 0 fully saturated rings. The quantitative estimate of drug-likeness (QED) is 0.776. The van der Waals surface area contributed by atoms with Gasteiger partial charge in [0.05, 0.1) is 5.39 Å². The van der Waals surface area contributed by atoms with Crippen LogP contribution in [0.3, 0.4) is 0 Å². The average Bonchev–Trinajstić information content (AvgIpc) is 3.08. The van der Waals surface area contributed by atoms with Gasteiger partial charge in [-0.25, -0.2) is 9.48 Å². The van der Waals surface area contributed by atoms with Crippen LogP contribution < -0.4 is 5.56 Å². The van der Waals surface area contributed by atoms with Crippen LogP contribution in [-0.4, -0.2) is 31.7 Å². The van der Waals surface area contributed by atoms with E-state index in [9.17, 15) is 19.5 Å². The summed E-state index contributed by atoms with van der Waals surface area (Å²) in [7, 11) is 0. The molecule has 7 nitrogen and oxygen atoms in total. The van der Waals surface area contributed by atoms with Crippen molar-refractivity contribution in [2.45, 2.75) is 19.6 Å². The van der Waals surface area contributed by atoms with Gasteiger partial charge in [-0.05, 0) is 17.2 Å². The molecule has 26 heavy (non-hydrogen) atoms. The van der Waals surface area contributed by atoms with Crippen LogP contribution in [0.2, 0.25) is 0 Å². The molecule has 1 aliphatic rings. The van der Waals surface area contributed by atoms with Gasteiger partial charge in [-0.2, -0.15) is 5.10 Å². The van der Waals surface area contributed by atoms with Crippen molar-refractivity contribution >= 4 is 22.6 Å². The Hall–Kier alpha value is -3.48. The Labute approximate surface area is 148 Å². The molecule has 0 radical (unpaired) electrons. The first-order valence-electron chi connectivity index (χ1n) is 8.12. The van der Waals surface area contributed by atoms with E-state index in [1.807, 2.05) is 24.3 Å². The highest BCUT2D eigenvalue weighted by atomic mass is 16.4. The third-order valence-electron chi connectivity index (χ3n) is 4.55. The molecule has 2 aromatic carbocycles. The SMILES string of the molecule is O=C(O)c1nn(CC(=O)N2Cc3ccccc3C2)c(=O)c2ccccc12. The van der Waals surface area contributed by atoms with Crippen LogP contribution in [0.25, 0.3) is 10.8 Å². The number of hydrogen-bond acceptors (Lipinski definition) is 4. The summed E-state index contributed by atoms with van der Waals surface area (Å²) in [4.78, 5) is 38.4. The summed E-state index contributed by atoms with van der Waals surface area (Å²) in [5.41, 5.74) is 1.44. The number of carbonyl (C=O) groups excluding carboxylic acids is 1. The van der Waals surface area contributed by atoms with E-state index in [1.54, 1.807) is 23.1 Å². The number of nitrogens with zero attached hydrogens (tertiary/aromatic N) is 3. The van der Waals surface area contributed by atoms with Crippen molar-refractivity contribution in [3.8, 4) is 0 Å². The summed E-state index contributed by atoms with van der Waals surface area (Å²) in [5, 5.41) is 13.8. The largest absolute Gasteiger partial charge is 0.476 e. The molecule has 0 saturated heterocycles. The lowest BCUT2D eigenvalue weighted by Crippen LogP contribution is -2.35. The lowest BCUT2D eigenvalue weighted by Gasteiger charge is -2.16. The molecule has 4 rings (SSSR count). The number of aromatic carboxylic acids is 1. The minimum absolute atomic E-state index is 0.234. The van der Waals surface area contributed by atoms with Gasteiger partial charge in [0.2, 0.25) is 5.91 Å². The Bertz CT molecular complexity index is 1080. The van der Waals surface area contributed by atoms with Crippen LogP contribution in [0, 0.1) is 0 Å². The molecule has 1 N–H and O–H groups in total.